The van der Waals surface area contributed by atoms with Gasteiger partial charge in [0, 0.05) is 6.07 Å². The molecule has 0 bridgehead atoms. The topological polar surface area (TPSA) is 105 Å². The van der Waals surface area contributed by atoms with E-state index in [1.54, 1.807) is 0 Å². The Bertz CT molecular complexity index is 571. The zero-order valence-electron chi connectivity index (χ0n) is 12.5. The number of methoxy groups -OCH3 is 2. The third-order valence-electron chi connectivity index (χ3n) is 2.90. The van der Waals surface area contributed by atoms with Crippen LogP contribution in [0.1, 0.15) is 30.1 Å². The molecule has 22 heavy (non-hydrogen) atoms. The standard InChI is InChI=1S/C14H17NO7/c1-4-5-11(14(17)21-3)22-13-9(8-16)6-10(15(18)19)7-12(13)20-2/h6-8,11H,4-5H2,1-3H3. The van der Waals surface area contributed by atoms with Gasteiger partial charge in [0.2, 0.25) is 0 Å². The maximum atomic E-state index is 11.7. The summed E-state index contributed by atoms with van der Waals surface area (Å²) in [4.78, 5) is 33.1. The average molecular weight is 311 g/mol. The van der Waals surface area contributed by atoms with Crippen molar-refractivity contribution in [2.75, 3.05) is 14.2 Å². The number of nitro groups is 1. The molecule has 0 aliphatic carbocycles. The molecule has 0 radical (unpaired) electrons. The molecule has 1 atom stereocenters. The fraction of sp³-hybridized carbons (Fsp3) is 0.429. The van der Waals surface area contributed by atoms with E-state index in [9.17, 15) is 19.7 Å². The van der Waals surface area contributed by atoms with Crippen molar-refractivity contribution < 1.29 is 28.7 Å². The Balaban J connectivity index is 3.28. The molecule has 0 saturated carbocycles. The number of hydrogen-bond donors (Lipinski definition) is 0. The Hall–Kier alpha value is -2.64. The first kappa shape index (κ1) is 17.4. The number of benzene rings is 1. The van der Waals surface area contributed by atoms with E-state index in [1.807, 2.05) is 6.92 Å². The number of carbonyl (C=O) groups excluding carboxylic acids is 2. The number of carbonyl (C=O) groups is 2. The van der Waals surface area contributed by atoms with Crippen molar-refractivity contribution in [3.63, 3.8) is 0 Å². The van der Waals surface area contributed by atoms with Crippen LogP contribution in [0.2, 0.25) is 0 Å². The van der Waals surface area contributed by atoms with E-state index in [0.717, 1.165) is 12.1 Å². The average Bonchev–Trinajstić information content (AvgIpc) is 2.53. The summed E-state index contributed by atoms with van der Waals surface area (Å²) in [6.07, 6.45) is 0.492. The van der Waals surface area contributed by atoms with Crippen molar-refractivity contribution >= 4 is 17.9 Å². The van der Waals surface area contributed by atoms with Crippen LogP contribution in [0, 0.1) is 10.1 Å². The predicted octanol–water partition coefficient (Wildman–Crippen LogP) is 2.14. The fourth-order valence-corrected chi connectivity index (χ4v) is 1.84. The number of nitrogens with zero attached hydrogens (tertiary/aromatic N) is 1. The molecule has 8 heteroatoms. The molecule has 0 N–H and O–H groups in total. The molecule has 0 aromatic heterocycles. The Morgan fingerprint density at radius 1 is 1.41 bits per heavy atom. The molecular formula is C14H17NO7. The SMILES string of the molecule is CCCC(Oc1c(C=O)cc([N+](=O)[O-])cc1OC)C(=O)OC. The van der Waals surface area contributed by atoms with Crippen molar-refractivity contribution in [1.82, 2.24) is 0 Å². The Kier molecular flexibility index (Phi) is 6.30. The summed E-state index contributed by atoms with van der Waals surface area (Å²) in [5.74, 6) is -0.618. The number of non-ortho nitro benzene ring substituents is 1. The van der Waals surface area contributed by atoms with Crippen LogP contribution in [0.4, 0.5) is 5.69 Å². The molecule has 120 valence electrons. The minimum atomic E-state index is -0.927. The molecule has 0 aliphatic heterocycles. The highest BCUT2D eigenvalue weighted by atomic mass is 16.6. The van der Waals surface area contributed by atoms with Crippen LogP contribution < -0.4 is 9.47 Å². The summed E-state index contributed by atoms with van der Waals surface area (Å²) in [5, 5.41) is 10.8. The second-order valence-corrected chi connectivity index (χ2v) is 4.36. The summed E-state index contributed by atoms with van der Waals surface area (Å²) in [6.45, 7) is 1.85. The van der Waals surface area contributed by atoms with Gasteiger partial charge in [-0.15, -0.1) is 0 Å². The molecule has 0 aliphatic rings. The highest BCUT2D eigenvalue weighted by molar-refractivity contribution is 5.83. The normalized spacial score (nSPS) is 11.4. The third-order valence-corrected chi connectivity index (χ3v) is 2.90. The highest BCUT2D eigenvalue weighted by Gasteiger charge is 2.25. The molecule has 0 fully saturated rings. The molecule has 1 aromatic rings. The number of esters is 1. The van der Waals surface area contributed by atoms with Gasteiger partial charge in [-0.2, -0.15) is 0 Å². The zero-order chi connectivity index (χ0) is 16.7. The number of aldehydes is 1. The van der Waals surface area contributed by atoms with Gasteiger partial charge in [0.1, 0.15) is 0 Å². The van der Waals surface area contributed by atoms with Gasteiger partial charge in [0.15, 0.2) is 23.9 Å². The lowest BCUT2D eigenvalue weighted by Gasteiger charge is -2.19. The first-order valence-corrected chi connectivity index (χ1v) is 6.54. The van der Waals surface area contributed by atoms with Gasteiger partial charge >= 0.3 is 5.97 Å². The molecule has 0 spiro atoms. The van der Waals surface area contributed by atoms with Crippen LogP contribution in [0.15, 0.2) is 12.1 Å². The van der Waals surface area contributed by atoms with Gasteiger partial charge in [0.05, 0.1) is 30.8 Å². The molecule has 0 amide bonds. The Morgan fingerprint density at radius 3 is 2.55 bits per heavy atom. The second kappa shape index (κ2) is 7.96. The van der Waals surface area contributed by atoms with E-state index in [0.29, 0.717) is 19.1 Å². The summed E-state index contributed by atoms with van der Waals surface area (Å²) in [7, 11) is 2.51. The lowest BCUT2D eigenvalue weighted by molar-refractivity contribution is -0.385. The molecule has 0 heterocycles. The fourth-order valence-electron chi connectivity index (χ4n) is 1.84. The van der Waals surface area contributed by atoms with Crippen molar-refractivity contribution in [2.45, 2.75) is 25.9 Å². The van der Waals surface area contributed by atoms with Gasteiger partial charge in [-0.25, -0.2) is 4.79 Å². The molecule has 8 nitrogen and oxygen atoms in total. The first-order valence-electron chi connectivity index (χ1n) is 6.54. The predicted molar refractivity (Wildman–Crippen MR) is 76.4 cm³/mol. The van der Waals surface area contributed by atoms with Gasteiger partial charge in [-0.1, -0.05) is 13.3 Å². The van der Waals surface area contributed by atoms with Crippen LogP contribution in [0.5, 0.6) is 11.5 Å². The lowest BCUT2D eigenvalue weighted by Crippen LogP contribution is -2.29. The maximum Gasteiger partial charge on any atom is 0.347 e. The van der Waals surface area contributed by atoms with E-state index in [2.05, 4.69) is 4.74 Å². The largest absolute Gasteiger partial charge is 0.493 e. The molecule has 1 aromatic carbocycles. The number of nitro benzene ring substituents is 1. The zero-order valence-corrected chi connectivity index (χ0v) is 12.5. The first-order chi connectivity index (χ1) is 10.5. The van der Waals surface area contributed by atoms with Crippen LogP contribution in [-0.2, 0) is 9.53 Å². The van der Waals surface area contributed by atoms with E-state index in [-0.39, 0.29) is 22.7 Å². The third kappa shape index (κ3) is 3.94. The monoisotopic (exact) mass is 311 g/mol. The number of rotatable bonds is 8. The van der Waals surface area contributed by atoms with Gasteiger partial charge in [0.25, 0.3) is 5.69 Å². The van der Waals surface area contributed by atoms with E-state index in [1.165, 1.54) is 14.2 Å². The van der Waals surface area contributed by atoms with Crippen molar-refractivity contribution in [1.29, 1.82) is 0 Å². The van der Waals surface area contributed by atoms with Crippen molar-refractivity contribution in [3.8, 4) is 11.5 Å². The van der Waals surface area contributed by atoms with Crippen molar-refractivity contribution in [2.24, 2.45) is 0 Å². The van der Waals surface area contributed by atoms with E-state index in [4.69, 9.17) is 9.47 Å². The van der Waals surface area contributed by atoms with E-state index >= 15 is 0 Å². The van der Waals surface area contributed by atoms with Gasteiger partial charge in [-0.05, 0) is 6.42 Å². The Morgan fingerprint density at radius 2 is 2.09 bits per heavy atom. The smallest absolute Gasteiger partial charge is 0.347 e. The highest BCUT2D eigenvalue weighted by Crippen LogP contribution is 2.36. The number of hydrogen-bond acceptors (Lipinski definition) is 7. The van der Waals surface area contributed by atoms with E-state index < -0.39 is 17.0 Å². The molecule has 1 unspecified atom stereocenters. The minimum Gasteiger partial charge on any atom is -0.493 e. The maximum absolute atomic E-state index is 11.7. The van der Waals surface area contributed by atoms with Gasteiger partial charge in [-0.3, -0.25) is 14.9 Å². The quantitative estimate of drug-likeness (QED) is 0.313. The van der Waals surface area contributed by atoms with Crippen LogP contribution in [-0.4, -0.2) is 37.5 Å². The summed E-state index contributed by atoms with van der Waals surface area (Å²) in [6, 6.07) is 2.19. The van der Waals surface area contributed by atoms with Gasteiger partial charge < -0.3 is 14.2 Å². The summed E-state index contributed by atoms with van der Waals surface area (Å²) in [5.41, 5.74) is -0.382. The number of ether oxygens (including phenoxy) is 3. The molecular weight excluding hydrogens is 294 g/mol. The second-order valence-electron chi connectivity index (χ2n) is 4.36. The van der Waals surface area contributed by atoms with Crippen LogP contribution >= 0.6 is 0 Å². The molecule has 1 rings (SSSR count). The van der Waals surface area contributed by atoms with Crippen LogP contribution in [0.3, 0.4) is 0 Å². The lowest BCUT2D eigenvalue weighted by atomic mass is 10.1. The van der Waals surface area contributed by atoms with Crippen molar-refractivity contribution in [3.05, 3.63) is 27.8 Å². The summed E-state index contributed by atoms with van der Waals surface area (Å²) < 4.78 is 15.2. The molecule has 0 saturated heterocycles. The Labute approximate surface area is 127 Å². The minimum absolute atomic E-state index is 0.00121. The summed E-state index contributed by atoms with van der Waals surface area (Å²) >= 11 is 0. The van der Waals surface area contributed by atoms with Crippen LogP contribution in [0.25, 0.3) is 0 Å².